The van der Waals surface area contributed by atoms with Crippen LogP contribution in [0.5, 0.6) is 0 Å². The van der Waals surface area contributed by atoms with Gasteiger partial charge in [-0.2, -0.15) is 0 Å². The Labute approximate surface area is 221 Å². The molecule has 4 rings (SSSR count). The molecule has 3 nitrogen and oxygen atoms in total. The molecule has 0 radical (unpaired) electrons. The summed E-state index contributed by atoms with van der Waals surface area (Å²) in [6, 6.07) is 12.5. The van der Waals surface area contributed by atoms with Crippen molar-refractivity contribution >= 4 is 0 Å². The highest BCUT2D eigenvalue weighted by molar-refractivity contribution is 5.63. The molecule has 2 aliphatic rings. The lowest BCUT2D eigenvalue weighted by Crippen LogP contribution is -2.28. The molecule has 1 fully saturated rings. The number of likely N-dealkylation sites (tertiary alicyclic amines) is 1. The van der Waals surface area contributed by atoms with E-state index in [0.29, 0.717) is 24.6 Å². The van der Waals surface area contributed by atoms with Crippen LogP contribution in [0.15, 0.2) is 133 Å². The van der Waals surface area contributed by atoms with Crippen molar-refractivity contribution in [3.63, 3.8) is 0 Å². The van der Waals surface area contributed by atoms with Gasteiger partial charge in [-0.25, -0.2) is 4.39 Å². The van der Waals surface area contributed by atoms with Gasteiger partial charge >= 0.3 is 0 Å². The lowest BCUT2D eigenvalue weighted by Gasteiger charge is -2.35. The van der Waals surface area contributed by atoms with Crippen LogP contribution in [0.3, 0.4) is 0 Å². The number of pyridine rings is 1. The van der Waals surface area contributed by atoms with Gasteiger partial charge in [-0.15, -0.1) is 0 Å². The maximum absolute atomic E-state index is 15.4. The largest absolute Gasteiger partial charge is 0.368 e. The number of hydrogen-bond donors (Lipinski definition) is 0. The maximum atomic E-state index is 15.4. The summed E-state index contributed by atoms with van der Waals surface area (Å²) in [6.45, 7) is 22.8. The molecule has 190 valence electrons. The van der Waals surface area contributed by atoms with Gasteiger partial charge in [0.05, 0.1) is 5.70 Å². The third kappa shape index (κ3) is 5.75. The SMILES string of the molecule is C=C/C(F)=C(\C(C=C)=C1/CC(=C)C(C(=C)C)=CN1Cc1ccc(-c2ccncc2)cc1)N1CCC(C)C1. The molecular weight excluding hydrogens is 457 g/mol. The molecule has 2 aliphatic heterocycles. The summed E-state index contributed by atoms with van der Waals surface area (Å²) < 4.78 is 15.4. The standard InChI is InChI=1S/C33H36FN3/c1-7-29(33(31(34)8-2)36-18-15-24(5)20-36)32-19-25(6)30(23(3)4)22-37(32)21-26-9-11-27(12-10-26)28-13-16-35-17-14-28/h7-14,16-17,22,24H,1-3,6,15,18-21H2,4-5H3/b32-29+,33-31-. The van der Waals surface area contributed by atoms with Gasteiger partial charge < -0.3 is 9.80 Å². The third-order valence-electron chi connectivity index (χ3n) is 7.09. The molecule has 0 amide bonds. The van der Waals surface area contributed by atoms with E-state index in [2.05, 4.69) is 78.5 Å². The lowest BCUT2D eigenvalue weighted by molar-refractivity contribution is 0.389. The van der Waals surface area contributed by atoms with E-state index in [4.69, 9.17) is 0 Å². The minimum Gasteiger partial charge on any atom is -0.368 e. The molecule has 0 N–H and O–H groups in total. The second-order valence-electron chi connectivity index (χ2n) is 9.97. The van der Waals surface area contributed by atoms with Crippen LogP contribution in [-0.4, -0.2) is 27.9 Å². The molecule has 1 aromatic carbocycles. The first-order valence-electron chi connectivity index (χ1n) is 12.8. The summed E-state index contributed by atoms with van der Waals surface area (Å²) in [4.78, 5) is 8.45. The summed E-state index contributed by atoms with van der Waals surface area (Å²) in [6.07, 6.45) is 10.4. The van der Waals surface area contributed by atoms with E-state index in [1.807, 2.05) is 19.1 Å². The molecule has 0 spiro atoms. The van der Waals surface area contributed by atoms with E-state index < -0.39 is 0 Å². The van der Waals surface area contributed by atoms with Crippen LogP contribution in [0, 0.1) is 5.92 Å². The minimum atomic E-state index is -0.321. The monoisotopic (exact) mass is 493 g/mol. The van der Waals surface area contributed by atoms with Gasteiger partial charge in [0, 0.05) is 55.9 Å². The van der Waals surface area contributed by atoms with Crippen LogP contribution in [0.1, 0.15) is 32.3 Å². The highest BCUT2D eigenvalue weighted by Crippen LogP contribution is 2.38. The van der Waals surface area contributed by atoms with Crippen molar-refractivity contribution < 1.29 is 4.39 Å². The first-order chi connectivity index (χ1) is 17.8. The van der Waals surface area contributed by atoms with Crippen LogP contribution in [0.4, 0.5) is 4.39 Å². The molecular formula is C33H36FN3. The molecule has 3 heterocycles. The van der Waals surface area contributed by atoms with Gasteiger partial charge in [-0.3, -0.25) is 4.98 Å². The Balaban J connectivity index is 1.77. The lowest BCUT2D eigenvalue weighted by atomic mass is 9.91. The number of halogens is 1. The minimum absolute atomic E-state index is 0.321. The summed E-state index contributed by atoms with van der Waals surface area (Å²) in [5.41, 5.74) is 8.72. The average Bonchev–Trinajstić information content (AvgIpc) is 3.34. The van der Waals surface area contributed by atoms with Gasteiger partial charge in [0.15, 0.2) is 0 Å². The van der Waals surface area contributed by atoms with Crippen molar-refractivity contribution in [2.45, 2.75) is 33.2 Å². The number of rotatable bonds is 8. The Morgan fingerprint density at radius 2 is 1.76 bits per heavy atom. The second kappa shape index (κ2) is 11.4. The number of aromatic nitrogens is 1. The molecule has 1 saturated heterocycles. The number of allylic oxidation sites excluding steroid dienone is 6. The number of benzene rings is 1. The highest BCUT2D eigenvalue weighted by atomic mass is 19.1. The van der Waals surface area contributed by atoms with E-state index >= 15 is 4.39 Å². The van der Waals surface area contributed by atoms with Gasteiger partial charge in [0.1, 0.15) is 5.83 Å². The van der Waals surface area contributed by atoms with Crippen LogP contribution in [0.25, 0.3) is 11.1 Å². The Morgan fingerprint density at radius 1 is 1.08 bits per heavy atom. The van der Waals surface area contributed by atoms with Crippen molar-refractivity contribution in [1.29, 1.82) is 0 Å². The van der Waals surface area contributed by atoms with Crippen LogP contribution < -0.4 is 0 Å². The third-order valence-corrected chi connectivity index (χ3v) is 7.09. The van der Waals surface area contributed by atoms with E-state index in [1.54, 1.807) is 18.5 Å². The number of hydrogen-bond acceptors (Lipinski definition) is 3. The fraction of sp³-hybridized carbons (Fsp3) is 0.242. The molecule has 0 saturated carbocycles. The zero-order valence-electron chi connectivity index (χ0n) is 22.0. The Morgan fingerprint density at radius 3 is 2.32 bits per heavy atom. The predicted molar refractivity (Wildman–Crippen MR) is 153 cm³/mol. The Hall–Kier alpha value is -3.92. The fourth-order valence-corrected chi connectivity index (χ4v) is 5.11. The molecule has 1 unspecified atom stereocenters. The van der Waals surface area contributed by atoms with Gasteiger partial charge in [-0.1, -0.05) is 63.6 Å². The molecule has 0 aliphatic carbocycles. The Kier molecular flexibility index (Phi) is 8.08. The van der Waals surface area contributed by atoms with Crippen LogP contribution in [0.2, 0.25) is 0 Å². The molecule has 2 aromatic rings. The fourth-order valence-electron chi connectivity index (χ4n) is 5.11. The summed E-state index contributed by atoms with van der Waals surface area (Å²) in [5.74, 6) is 0.188. The summed E-state index contributed by atoms with van der Waals surface area (Å²) in [5, 5.41) is 0. The van der Waals surface area contributed by atoms with E-state index in [0.717, 1.165) is 64.2 Å². The Bertz CT molecular complexity index is 1290. The average molecular weight is 494 g/mol. The normalized spacial score (nSPS) is 19.8. The van der Waals surface area contributed by atoms with E-state index in [-0.39, 0.29) is 5.83 Å². The molecule has 0 bridgehead atoms. The summed E-state index contributed by atoms with van der Waals surface area (Å²) in [7, 11) is 0. The van der Waals surface area contributed by atoms with Gasteiger partial charge in [-0.05, 0) is 70.9 Å². The van der Waals surface area contributed by atoms with Crippen molar-refractivity contribution in [2.75, 3.05) is 13.1 Å². The van der Waals surface area contributed by atoms with Crippen LogP contribution >= 0.6 is 0 Å². The topological polar surface area (TPSA) is 19.4 Å². The van der Waals surface area contributed by atoms with Gasteiger partial charge in [0.25, 0.3) is 0 Å². The predicted octanol–water partition coefficient (Wildman–Crippen LogP) is 8.12. The second-order valence-corrected chi connectivity index (χ2v) is 9.97. The van der Waals surface area contributed by atoms with Crippen molar-refractivity contribution in [3.05, 3.63) is 139 Å². The smallest absolute Gasteiger partial charge is 0.146 e. The van der Waals surface area contributed by atoms with Gasteiger partial charge in [0.2, 0.25) is 0 Å². The first kappa shape index (κ1) is 26.2. The van der Waals surface area contributed by atoms with Crippen molar-refractivity contribution in [2.24, 2.45) is 5.92 Å². The first-order valence-corrected chi connectivity index (χ1v) is 12.8. The van der Waals surface area contributed by atoms with E-state index in [1.165, 1.54) is 6.08 Å². The summed E-state index contributed by atoms with van der Waals surface area (Å²) >= 11 is 0. The highest BCUT2D eigenvalue weighted by Gasteiger charge is 2.29. The van der Waals surface area contributed by atoms with Crippen molar-refractivity contribution in [1.82, 2.24) is 14.8 Å². The number of nitrogens with zero attached hydrogens (tertiary/aromatic N) is 3. The maximum Gasteiger partial charge on any atom is 0.146 e. The zero-order valence-corrected chi connectivity index (χ0v) is 22.0. The molecule has 1 aromatic heterocycles. The molecule has 1 atom stereocenters. The van der Waals surface area contributed by atoms with Crippen LogP contribution in [-0.2, 0) is 6.54 Å². The molecule has 4 heteroatoms. The molecule has 37 heavy (non-hydrogen) atoms. The van der Waals surface area contributed by atoms with Crippen molar-refractivity contribution in [3.8, 4) is 11.1 Å². The zero-order chi connectivity index (χ0) is 26.5. The quantitative estimate of drug-likeness (QED) is 0.346. The van der Waals surface area contributed by atoms with E-state index in [9.17, 15) is 0 Å².